The SMILES string of the molecule is Cc1ccc(-c2nc(C(C)Cl)no2)cc1[N+](=O)[O-]. The van der Waals surface area contributed by atoms with Crippen molar-refractivity contribution in [2.75, 3.05) is 0 Å². The lowest BCUT2D eigenvalue weighted by Gasteiger charge is -1.98. The Morgan fingerprint density at radius 1 is 1.50 bits per heavy atom. The molecule has 0 saturated heterocycles. The molecule has 1 heterocycles. The fourth-order valence-corrected chi connectivity index (χ4v) is 1.54. The second-order valence-electron chi connectivity index (χ2n) is 3.83. The summed E-state index contributed by atoms with van der Waals surface area (Å²) in [5.41, 5.74) is 1.10. The highest BCUT2D eigenvalue weighted by atomic mass is 35.5. The summed E-state index contributed by atoms with van der Waals surface area (Å²) in [5, 5.41) is 14.2. The molecule has 0 fully saturated rings. The maximum Gasteiger partial charge on any atom is 0.273 e. The summed E-state index contributed by atoms with van der Waals surface area (Å²) in [4.78, 5) is 14.5. The Labute approximate surface area is 108 Å². The molecule has 0 aliphatic rings. The molecule has 0 saturated carbocycles. The number of benzene rings is 1. The second kappa shape index (κ2) is 4.73. The van der Waals surface area contributed by atoms with Crippen LogP contribution in [0.5, 0.6) is 0 Å². The minimum atomic E-state index is -0.444. The number of hydrogen-bond donors (Lipinski definition) is 0. The predicted octanol–water partition coefficient (Wildman–Crippen LogP) is 3.25. The van der Waals surface area contributed by atoms with Crippen LogP contribution in [0.3, 0.4) is 0 Å². The average Bonchev–Trinajstić information content (AvgIpc) is 2.78. The van der Waals surface area contributed by atoms with Gasteiger partial charge in [0.25, 0.3) is 11.6 Å². The van der Waals surface area contributed by atoms with E-state index in [1.807, 2.05) is 0 Å². The molecule has 94 valence electrons. The molecule has 6 nitrogen and oxygen atoms in total. The monoisotopic (exact) mass is 267 g/mol. The van der Waals surface area contributed by atoms with Gasteiger partial charge >= 0.3 is 0 Å². The van der Waals surface area contributed by atoms with Crippen molar-refractivity contribution in [3.8, 4) is 11.5 Å². The zero-order chi connectivity index (χ0) is 13.3. The molecule has 2 aromatic rings. The lowest BCUT2D eigenvalue weighted by Crippen LogP contribution is -1.92. The highest BCUT2D eigenvalue weighted by Gasteiger charge is 2.17. The third-order valence-corrected chi connectivity index (χ3v) is 2.65. The van der Waals surface area contributed by atoms with Gasteiger partial charge in [0.2, 0.25) is 0 Å². The fraction of sp³-hybridized carbons (Fsp3) is 0.273. The summed E-state index contributed by atoms with van der Waals surface area (Å²) in [7, 11) is 0. The minimum absolute atomic E-state index is 0.0196. The molecule has 1 aromatic heterocycles. The van der Waals surface area contributed by atoms with Gasteiger partial charge in [-0.1, -0.05) is 11.2 Å². The van der Waals surface area contributed by atoms with Gasteiger partial charge in [-0.3, -0.25) is 10.1 Å². The summed E-state index contributed by atoms with van der Waals surface area (Å²) in [5.74, 6) is 0.579. The van der Waals surface area contributed by atoms with Crippen LogP contribution in [-0.2, 0) is 0 Å². The maximum absolute atomic E-state index is 10.8. The van der Waals surface area contributed by atoms with Crippen LogP contribution >= 0.6 is 11.6 Å². The number of aromatic nitrogens is 2. The number of nitrogens with zero attached hydrogens (tertiary/aromatic N) is 3. The molecular formula is C11H10ClN3O3. The molecule has 0 aliphatic carbocycles. The van der Waals surface area contributed by atoms with Gasteiger partial charge in [0.15, 0.2) is 5.82 Å². The van der Waals surface area contributed by atoms with Gasteiger partial charge in [0, 0.05) is 17.2 Å². The van der Waals surface area contributed by atoms with Crippen molar-refractivity contribution in [3.63, 3.8) is 0 Å². The van der Waals surface area contributed by atoms with Gasteiger partial charge in [0.05, 0.1) is 10.3 Å². The third kappa shape index (κ3) is 2.33. The Hall–Kier alpha value is -1.95. The van der Waals surface area contributed by atoms with Crippen LogP contribution in [0.15, 0.2) is 22.7 Å². The van der Waals surface area contributed by atoms with Crippen LogP contribution in [0.1, 0.15) is 23.7 Å². The highest BCUT2D eigenvalue weighted by Crippen LogP contribution is 2.27. The Morgan fingerprint density at radius 3 is 2.78 bits per heavy atom. The molecule has 0 amide bonds. The van der Waals surface area contributed by atoms with E-state index < -0.39 is 4.92 Å². The molecule has 0 aliphatic heterocycles. The van der Waals surface area contributed by atoms with E-state index >= 15 is 0 Å². The third-order valence-electron chi connectivity index (χ3n) is 2.45. The smallest absolute Gasteiger partial charge is 0.273 e. The van der Waals surface area contributed by atoms with E-state index in [4.69, 9.17) is 16.1 Å². The first-order chi connectivity index (χ1) is 8.49. The van der Waals surface area contributed by atoms with Crippen LogP contribution in [-0.4, -0.2) is 15.1 Å². The topological polar surface area (TPSA) is 82.1 Å². The van der Waals surface area contributed by atoms with Gasteiger partial charge in [-0.25, -0.2) is 0 Å². The molecule has 1 unspecified atom stereocenters. The molecule has 18 heavy (non-hydrogen) atoms. The first-order valence-electron chi connectivity index (χ1n) is 5.22. The van der Waals surface area contributed by atoms with Crippen LogP contribution in [0.2, 0.25) is 0 Å². The number of aryl methyl sites for hydroxylation is 1. The number of nitro benzene ring substituents is 1. The van der Waals surface area contributed by atoms with E-state index in [1.54, 1.807) is 26.0 Å². The zero-order valence-corrected chi connectivity index (χ0v) is 10.5. The zero-order valence-electron chi connectivity index (χ0n) is 9.75. The van der Waals surface area contributed by atoms with Gasteiger partial charge in [-0.2, -0.15) is 4.98 Å². The Morgan fingerprint density at radius 2 is 2.22 bits per heavy atom. The lowest BCUT2D eigenvalue weighted by atomic mass is 10.1. The molecule has 7 heteroatoms. The Kier molecular flexibility index (Phi) is 3.29. The molecule has 0 radical (unpaired) electrons. The van der Waals surface area contributed by atoms with E-state index in [2.05, 4.69) is 10.1 Å². The van der Waals surface area contributed by atoms with Crippen molar-refractivity contribution >= 4 is 17.3 Å². The molecule has 0 N–H and O–H groups in total. The van der Waals surface area contributed by atoms with Gasteiger partial charge in [0.1, 0.15) is 0 Å². The van der Waals surface area contributed by atoms with Crippen LogP contribution in [0, 0.1) is 17.0 Å². The number of halogens is 1. The lowest BCUT2D eigenvalue weighted by molar-refractivity contribution is -0.385. The van der Waals surface area contributed by atoms with Gasteiger partial charge < -0.3 is 4.52 Å². The average molecular weight is 268 g/mol. The van der Waals surface area contributed by atoms with Gasteiger partial charge in [-0.15, -0.1) is 11.6 Å². The van der Waals surface area contributed by atoms with Crippen molar-refractivity contribution in [2.45, 2.75) is 19.2 Å². The number of nitro groups is 1. The molecule has 1 aromatic carbocycles. The van der Waals surface area contributed by atoms with Crippen LogP contribution < -0.4 is 0 Å². The van der Waals surface area contributed by atoms with Crippen LogP contribution in [0.25, 0.3) is 11.5 Å². The van der Waals surface area contributed by atoms with Gasteiger partial charge in [-0.05, 0) is 19.9 Å². The number of rotatable bonds is 3. The van der Waals surface area contributed by atoms with E-state index in [-0.39, 0.29) is 17.0 Å². The molecule has 2 rings (SSSR count). The quantitative estimate of drug-likeness (QED) is 0.484. The summed E-state index contributed by atoms with van der Waals surface area (Å²) in [6.45, 7) is 3.38. The molecule has 0 spiro atoms. The normalized spacial score (nSPS) is 12.4. The fourth-order valence-electron chi connectivity index (χ4n) is 1.45. The van der Waals surface area contributed by atoms with Crippen molar-refractivity contribution in [1.29, 1.82) is 0 Å². The standard InChI is InChI=1S/C11H10ClN3O3/c1-6-3-4-8(5-9(6)15(16)17)11-13-10(7(2)12)14-18-11/h3-5,7H,1-2H3. The maximum atomic E-state index is 10.8. The number of alkyl halides is 1. The Bertz CT molecular complexity index is 595. The largest absolute Gasteiger partial charge is 0.334 e. The van der Waals surface area contributed by atoms with Crippen molar-refractivity contribution in [3.05, 3.63) is 39.7 Å². The summed E-state index contributed by atoms with van der Waals surface area (Å²) in [6.07, 6.45) is 0. The van der Waals surface area contributed by atoms with E-state index in [0.717, 1.165) is 0 Å². The highest BCUT2D eigenvalue weighted by molar-refractivity contribution is 6.20. The second-order valence-corrected chi connectivity index (χ2v) is 4.49. The Balaban J connectivity index is 2.44. The van der Waals surface area contributed by atoms with Crippen LogP contribution in [0.4, 0.5) is 5.69 Å². The summed E-state index contributed by atoms with van der Waals surface area (Å²) < 4.78 is 5.02. The van der Waals surface area contributed by atoms with Crippen molar-refractivity contribution in [2.24, 2.45) is 0 Å². The van der Waals surface area contributed by atoms with E-state index in [9.17, 15) is 10.1 Å². The minimum Gasteiger partial charge on any atom is -0.334 e. The first-order valence-corrected chi connectivity index (χ1v) is 5.65. The first kappa shape index (κ1) is 12.5. The summed E-state index contributed by atoms with van der Waals surface area (Å²) in [6, 6.07) is 4.74. The number of hydrogen-bond acceptors (Lipinski definition) is 5. The molecular weight excluding hydrogens is 258 g/mol. The van der Waals surface area contributed by atoms with E-state index in [0.29, 0.717) is 17.0 Å². The van der Waals surface area contributed by atoms with E-state index in [1.165, 1.54) is 6.07 Å². The predicted molar refractivity (Wildman–Crippen MR) is 65.4 cm³/mol. The molecule has 0 bridgehead atoms. The summed E-state index contributed by atoms with van der Waals surface area (Å²) >= 11 is 5.82. The van der Waals surface area contributed by atoms with Crippen molar-refractivity contribution in [1.82, 2.24) is 10.1 Å². The van der Waals surface area contributed by atoms with Crippen molar-refractivity contribution < 1.29 is 9.45 Å². The molecule has 1 atom stereocenters.